The number of carbonyl (C=O) groups is 2. The van der Waals surface area contributed by atoms with Crippen LogP contribution in [0, 0.1) is 11.3 Å². The Bertz CT molecular complexity index is 860. The van der Waals surface area contributed by atoms with Crippen LogP contribution < -0.4 is 4.90 Å². The zero-order valence-electron chi connectivity index (χ0n) is 18.8. The molecule has 0 fully saturated rings. The second kappa shape index (κ2) is 10.5. The molecule has 0 radical (unpaired) electrons. The van der Waals surface area contributed by atoms with Crippen LogP contribution in [0.25, 0.3) is 0 Å². The number of urea groups is 1. The van der Waals surface area contributed by atoms with E-state index in [4.69, 9.17) is 4.52 Å². The summed E-state index contributed by atoms with van der Waals surface area (Å²) in [6.45, 7) is 9.68. The third-order valence-electron chi connectivity index (χ3n) is 4.45. The van der Waals surface area contributed by atoms with Crippen LogP contribution in [0.3, 0.4) is 0 Å². The van der Waals surface area contributed by atoms with Crippen molar-refractivity contribution in [1.29, 1.82) is 0 Å². The number of imide groups is 1. The molecule has 0 bridgehead atoms. The number of nitrogens with zero attached hydrogens (tertiary/aromatic N) is 4. The number of aliphatic hydroxyl groups is 1. The molecule has 0 saturated heterocycles. The van der Waals surface area contributed by atoms with E-state index in [0.29, 0.717) is 18.7 Å². The van der Waals surface area contributed by atoms with Gasteiger partial charge in [-0.25, -0.2) is 4.79 Å². The third kappa shape index (κ3) is 7.45. The van der Waals surface area contributed by atoms with Gasteiger partial charge in [-0.1, -0.05) is 65.0 Å². The molecule has 0 aliphatic heterocycles. The molecular formula is C22H32N4O5. The molecule has 2 N–H and O–H groups in total. The fourth-order valence-corrected chi connectivity index (χ4v) is 2.86. The van der Waals surface area contributed by atoms with Gasteiger partial charge in [0.05, 0.1) is 6.42 Å². The molecule has 0 aliphatic rings. The lowest BCUT2D eigenvalue weighted by atomic mass is 9.96. The smallest absolute Gasteiger partial charge is 0.358 e. The van der Waals surface area contributed by atoms with Gasteiger partial charge < -0.3 is 9.63 Å². The van der Waals surface area contributed by atoms with E-state index in [1.165, 1.54) is 0 Å². The standard InChI is InChI=1S/C22H32N4O5/c1-15(2)11-12-17(27)19(28)26(30)21(29)25(14-22(3,4)5)20-23-18(31-24-20)13-16-9-7-6-8-10-16/h6-10,15,17,27,30H,11-14H2,1-5H3/t17-/m0/s1. The first kappa shape index (κ1) is 24.5. The van der Waals surface area contributed by atoms with Crippen LogP contribution in [-0.2, 0) is 11.2 Å². The summed E-state index contributed by atoms with van der Waals surface area (Å²) in [5.74, 6) is -0.585. The number of hydrogen-bond acceptors (Lipinski definition) is 7. The van der Waals surface area contributed by atoms with Crippen molar-refractivity contribution in [2.45, 2.75) is 60.0 Å². The Morgan fingerprint density at radius 2 is 1.77 bits per heavy atom. The first-order chi connectivity index (χ1) is 14.5. The molecule has 0 saturated carbocycles. The second-order valence-corrected chi connectivity index (χ2v) is 9.22. The number of anilines is 1. The van der Waals surface area contributed by atoms with Crippen LogP contribution in [0.5, 0.6) is 0 Å². The number of aromatic nitrogens is 2. The minimum absolute atomic E-state index is 0.0608. The SMILES string of the molecule is CC(C)CC[C@H](O)C(=O)N(O)C(=O)N(CC(C)(C)C)c1noc(Cc2ccccc2)n1. The molecule has 170 valence electrons. The first-order valence-electron chi connectivity index (χ1n) is 10.4. The number of hydrogen-bond donors (Lipinski definition) is 2. The van der Waals surface area contributed by atoms with Gasteiger partial charge in [0.15, 0.2) is 0 Å². The van der Waals surface area contributed by atoms with Crippen LogP contribution in [0.15, 0.2) is 34.9 Å². The predicted octanol–water partition coefficient (Wildman–Crippen LogP) is 3.65. The van der Waals surface area contributed by atoms with Crippen molar-refractivity contribution in [2.75, 3.05) is 11.4 Å². The highest BCUT2D eigenvalue weighted by molar-refractivity contribution is 6.01. The van der Waals surface area contributed by atoms with Crippen molar-refractivity contribution < 1.29 is 24.4 Å². The van der Waals surface area contributed by atoms with Crippen molar-refractivity contribution in [1.82, 2.24) is 15.2 Å². The van der Waals surface area contributed by atoms with Crippen LogP contribution in [0.2, 0.25) is 0 Å². The Balaban J connectivity index is 2.19. The van der Waals surface area contributed by atoms with E-state index >= 15 is 0 Å². The molecule has 3 amide bonds. The highest BCUT2D eigenvalue weighted by Gasteiger charge is 2.34. The molecule has 1 atom stereocenters. The summed E-state index contributed by atoms with van der Waals surface area (Å²) in [7, 11) is 0. The average molecular weight is 433 g/mol. The van der Waals surface area contributed by atoms with E-state index in [0.717, 1.165) is 10.5 Å². The Labute approximate surface area is 182 Å². The molecule has 2 rings (SSSR count). The maximum Gasteiger partial charge on any atom is 0.358 e. The van der Waals surface area contributed by atoms with E-state index in [9.17, 15) is 19.9 Å². The number of carbonyl (C=O) groups excluding carboxylic acids is 2. The number of rotatable bonds is 8. The molecule has 9 nitrogen and oxygen atoms in total. The van der Waals surface area contributed by atoms with Crippen molar-refractivity contribution in [3.05, 3.63) is 41.8 Å². The second-order valence-electron chi connectivity index (χ2n) is 9.22. The molecule has 0 unspecified atom stereocenters. The molecule has 2 aromatic rings. The Kier molecular flexibility index (Phi) is 8.29. The highest BCUT2D eigenvalue weighted by Crippen LogP contribution is 2.22. The van der Waals surface area contributed by atoms with E-state index in [1.54, 1.807) is 0 Å². The molecule has 1 aromatic carbocycles. The molecule has 31 heavy (non-hydrogen) atoms. The summed E-state index contributed by atoms with van der Waals surface area (Å²) in [6.07, 6.45) is -0.384. The van der Waals surface area contributed by atoms with Crippen molar-refractivity contribution in [2.24, 2.45) is 11.3 Å². The van der Waals surface area contributed by atoms with Crippen molar-refractivity contribution >= 4 is 17.9 Å². The quantitative estimate of drug-likeness (QED) is 0.482. The largest absolute Gasteiger partial charge is 0.383 e. The minimum Gasteiger partial charge on any atom is -0.383 e. The number of aliphatic hydroxyl groups excluding tert-OH is 1. The maximum atomic E-state index is 12.9. The third-order valence-corrected chi connectivity index (χ3v) is 4.45. The summed E-state index contributed by atoms with van der Waals surface area (Å²) in [6, 6.07) is 8.46. The van der Waals surface area contributed by atoms with E-state index in [1.807, 2.05) is 65.0 Å². The van der Waals surface area contributed by atoms with Gasteiger partial charge in [-0.15, -0.1) is 5.06 Å². The molecule has 0 spiro atoms. The van der Waals surface area contributed by atoms with E-state index < -0.39 is 23.5 Å². The topological polar surface area (TPSA) is 120 Å². The first-order valence-corrected chi connectivity index (χ1v) is 10.4. The fourth-order valence-electron chi connectivity index (χ4n) is 2.86. The molecule has 1 heterocycles. The zero-order chi connectivity index (χ0) is 23.2. The summed E-state index contributed by atoms with van der Waals surface area (Å²) in [5.41, 5.74) is 0.564. The van der Waals surface area contributed by atoms with Crippen LogP contribution in [-0.4, -0.2) is 50.1 Å². The minimum atomic E-state index is -1.48. The van der Waals surface area contributed by atoms with Gasteiger partial charge in [-0.3, -0.25) is 14.9 Å². The zero-order valence-corrected chi connectivity index (χ0v) is 18.8. The van der Waals surface area contributed by atoms with Crippen molar-refractivity contribution in [3.8, 4) is 0 Å². The fraction of sp³-hybridized carbons (Fsp3) is 0.545. The molecular weight excluding hydrogens is 400 g/mol. The average Bonchev–Trinajstić information content (AvgIpc) is 3.16. The van der Waals surface area contributed by atoms with Gasteiger partial charge >= 0.3 is 6.03 Å². The van der Waals surface area contributed by atoms with Crippen molar-refractivity contribution in [3.63, 3.8) is 0 Å². The van der Waals surface area contributed by atoms with E-state index in [2.05, 4.69) is 10.1 Å². The van der Waals surface area contributed by atoms with Gasteiger partial charge in [0.1, 0.15) is 6.10 Å². The van der Waals surface area contributed by atoms with Gasteiger partial charge in [0.25, 0.3) is 11.9 Å². The lowest BCUT2D eigenvalue weighted by molar-refractivity contribution is -0.162. The normalized spacial score (nSPS) is 12.6. The number of amides is 3. The van der Waals surface area contributed by atoms with Gasteiger partial charge in [0.2, 0.25) is 5.89 Å². The van der Waals surface area contributed by atoms with Gasteiger partial charge in [0, 0.05) is 6.54 Å². The molecule has 1 aromatic heterocycles. The summed E-state index contributed by atoms with van der Waals surface area (Å²) in [5, 5.41) is 24.1. The van der Waals surface area contributed by atoms with Crippen LogP contribution >= 0.6 is 0 Å². The predicted molar refractivity (Wildman–Crippen MR) is 114 cm³/mol. The monoisotopic (exact) mass is 432 g/mol. The summed E-state index contributed by atoms with van der Waals surface area (Å²) >= 11 is 0. The van der Waals surface area contributed by atoms with Gasteiger partial charge in [-0.05, 0) is 34.9 Å². The summed E-state index contributed by atoms with van der Waals surface area (Å²) < 4.78 is 5.28. The molecule has 0 aliphatic carbocycles. The maximum absolute atomic E-state index is 12.9. The van der Waals surface area contributed by atoms with Crippen LogP contribution in [0.4, 0.5) is 10.7 Å². The Morgan fingerprint density at radius 1 is 1.13 bits per heavy atom. The Hall–Kier alpha value is -2.78. The van der Waals surface area contributed by atoms with Gasteiger partial charge in [-0.2, -0.15) is 4.98 Å². The number of benzene rings is 1. The Morgan fingerprint density at radius 3 is 2.35 bits per heavy atom. The highest BCUT2D eigenvalue weighted by atomic mass is 16.5. The molecule has 9 heteroatoms. The lowest BCUT2D eigenvalue weighted by Gasteiger charge is -2.29. The van der Waals surface area contributed by atoms with E-state index in [-0.39, 0.29) is 29.9 Å². The lowest BCUT2D eigenvalue weighted by Crippen LogP contribution is -2.50. The van der Waals surface area contributed by atoms with Crippen LogP contribution in [0.1, 0.15) is 58.9 Å². The number of hydroxylamine groups is 2. The summed E-state index contributed by atoms with van der Waals surface area (Å²) in [4.78, 5) is 30.6.